The van der Waals surface area contributed by atoms with E-state index in [2.05, 4.69) is 5.32 Å². The normalized spacial score (nSPS) is 14.2. The molecule has 0 fully saturated rings. The maximum Gasteiger partial charge on any atom is 0.326 e. The van der Waals surface area contributed by atoms with E-state index < -0.39 is 12.0 Å². The van der Waals surface area contributed by atoms with Crippen LogP contribution in [0.2, 0.25) is 0 Å². The zero-order chi connectivity index (χ0) is 12.6. The lowest BCUT2D eigenvalue weighted by molar-refractivity contribution is -0.142. The molecule has 5 heteroatoms. The second-order valence-electron chi connectivity index (χ2n) is 4.02. The second-order valence-corrected chi connectivity index (χ2v) is 4.02. The quantitative estimate of drug-likeness (QED) is 0.573. The van der Waals surface area contributed by atoms with E-state index in [0.717, 1.165) is 12.8 Å². The molecule has 0 saturated heterocycles. The predicted octanol–water partition coefficient (Wildman–Crippen LogP) is 0.731. The molecule has 4 N–H and O–H groups in total. The Morgan fingerprint density at radius 2 is 2.00 bits per heavy atom. The van der Waals surface area contributed by atoms with Gasteiger partial charge >= 0.3 is 5.97 Å². The molecule has 5 nitrogen and oxygen atoms in total. The Kier molecular flexibility index (Phi) is 7.54. The number of aliphatic carboxylic acids is 1. The summed E-state index contributed by atoms with van der Waals surface area (Å²) in [6.07, 6.45) is 2.67. The molecule has 0 aromatic heterocycles. The number of amides is 1. The summed E-state index contributed by atoms with van der Waals surface area (Å²) in [6, 6.07) is -0.766. The zero-order valence-corrected chi connectivity index (χ0v) is 10.0. The van der Waals surface area contributed by atoms with Crippen LogP contribution in [0, 0.1) is 5.92 Å². The van der Waals surface area contributed by atoms with Crippen LogP contribution in [0.5, 0.6) is 0 Å². The Balaban J connectivity index is 4.12. The summed E-state index contributed by atoms with van der Waals surface area (Å²) < 4.78 is 0. The molecule has 0 saturated carbocycles. The molecule has 0 aliphatic heterocycles. The van der Waals surface area contributed by atoms with Crippen LogP contribution in [0.1, 0.15) is 39.5 Å². The standard InChI is InChI=1S/C11H22N2O3/c1-3-5-9(11(15)16)13-10(14)8(2)6-4-7-12/h8-9H,3-7,12H2,1-2H3,(H,13,14)(H,15,16). The minimum atomic E-state index is -0.971. The number of carboxylic acids is 1. The fourth-order valence-corrected chi connectivity index (χ4v) is 1.42. The summed E-state index contributed by atoms with van der Waals surface area (Å²) in [7, 11) is 0. The number of carbonyl (C=O) groups is 2. The lowest BCUT2D eigenvalue weighted by Crippen LogP contribution is -2.43. The van der Waals surface area contributed by atoms with Crippen LogP contribution in [0.3, 0.4) is 0 Å². The topological polar surface area (TPSA) is 92.4 Å². The van der Waals surface area contributed by atoms with Crippen LogP contribution in [-0.4, -0.2) is 29.6 Å². The first-order valence-corrected chi connectivity index (χ1v) is 5.76. The third-order valence-electron chi connectivity index (χ3n) is 2.48. The van der Waals surface area contributed by atoms with Gasteiger partial charge in [-0.25, -0.2) is 4.79 Å². The van der Waals surface area contributed by atoms with Gasteiger partial charge in [0.05, 0.1) is 0 Å². The van der Waals surface area contributed by atoms with E-state index in [4.69, 9.17) is 10.8 Å². The number of nitrogens with two attached hydrogens (primary N) is 1. The molecular weight excluding hydrogens is 208 g/mol. The monoisotopic (exact) mass is 230 g/mol. The van der Waals surface area contributed by atoms with E-state index in [0.29, 0.717) is 19.4 Å². The van der Waals surface area contributed by atoms with Crippen molar-refractivity contribution in [3.8, 4) is 0 Å². The molecule has 0 spiro atoms. The van der Waals surface area contributed by atoms with E-state index in [9.17, 15) is 9.59 Å². The Morgan fingerprint density at radius 3 is 2.44 bits per heavy atom. The average Bonchev–Trinajstić information content (AvgIpc) is 2.24. The molecule has 2 atom stereocenters. The van der Waals surface area contributed by atoms with Crippen molar-refractivity contribution in [1.82, 2.24) is 5.32 Å². The summed E-state index contributed by atoms with van der Waals surface area (Å²) >= 11 is 0. The minimum absolute atomic E-state index is 0.178. The number of hydrogen-bond acceptors (Lipinski definition) is 3. The fourth-order valence-electron chi connectivity index (χ4n) is 1.42. The molecule has 0 heterocycles. The first-order valence-electron chi connectivity index (χ1n) is 5.76. The SMILES string of the molecule is CCCC(NC(=O)C(C)CCCN)C(=O)O. The molecule has 2 unspecified atom stereocenters. The van der Waals surface area contributed by atoms with Crippen molar-refractivity contribution >= 4 is 11.9 Å². The van der Waals surface area contributed by atoms with Crippen molar-refractivity contribution in [3.05, 3.63) is 0 Å². The number of carbonyl (C=O) groups excluding carboxylic acids is 1. The summed E-state index contributed by atoms with van der Waals surface area (Å²) in [6.45, 7) is 4.23. The highest BCUT2D eigenvalue weighted by atomic mass is 16.4. The fraction of sp³-hybridized carbons (Fsp3) is 0.818. The van der Waals surface area contributed by atoms with E-state index in [1.807, 2.05) is 6.92 Å². The minimum Gasteiger partial charge on any atom is -0.480 e. The Labute approximate surface area is 96.4 Å². The van der Waals surface area contributed by atoms with Gasteiger partial charge in [0.25, 0.3) is 0 Å². The molecule has 0 radical (unpaired) electrons. The summed E-state index contributed by atoms with van der Waals surface area (Å²) in [4.78, 5) is 22.5. The van der Waals surface area contributed by atoms with Gasteiger partial charge in [-0.2, -0.15) is 0 Å². The van der Waals surface area contributed by atoms with Gasteiger partial charge in [-0.1, -0.05) is 20.3 Å². The lowest BCUT2D eigenvalue weighted by atomic mass is 10.0. The van der Waals surface area contributed by atoms with Crippen molar-refractivity contribution in [1.29, 1.82) is 0 Å². The first kappa shape index (κ1) is 14.9. The van der Waals surface area contributed by atoms with Gasteiger partial charge in [-0.3, -0.25) is 4.79 Å². The average molecular weight is 230 g/mol. The van der Waals surface area contributed by atoms with Crippen LogP contribution in [0.4, 0.5) is 0 Å². The van der Waals surface area contributed by atoms with Crippen LogP contribution in [0.25, 0.3) is 0 Å². The first-order chi connectivity index (χ1) is 7.52. The van der Waals surface area contributed by atoms with E-state index in [-0.39, 0.29) is 11.8 Å². The lowest BCUT2D eigenvalue weighted by Gasteiger charge is -2.17. The molecular formula is C11H22N2O3. The van der Waals surface area contributed by atoms with Gasteiger partial charge in [-0.05, 0) is 25.8 Å². The smallest absolute Gasteiger partial charge is 0.326 e. The second kappa shape index (κ2) is 8.10. The Morgan fingerprint density at radius 1 is 1.38 bits per heavy atom. The molecule has 0 aliphatic rings. The maximum atomic E-state index is 11.6. The molecule has 94 valence electrons. The Hall–Kier alpha value is -1.10. The number of rotatable bonds is 8. The molecule has 0 rings (SSSR count). The van der Waals surface area contributed by atoms with E-state index in [1.165, 1.54) is 0 Å². The van der Waals surface area contributed by atoms with Crippen molar-refractivity contribution in [2.24, 2.45) is 11.7 Å². The van der Waals surface area contributed by atoms with Crippen LogP contribution in [-0.2, 0) is 9.59 Å². The molecule has 0 aromatic carbocycles. The van der Waals surface area contributed by atoms with Crippen molar-refractivity contribution in [2.45, 2.75) is 45.6 Å². The highest BCUT2D eigenvalue weighted by Gasteiger charge is 2.21. The van der Waals surface area contributed by atoms with Crippen LogP contribution < -0.4 is 11.1 Å². The molecule has 0 aromatic rings. The van der Waals surface area contributed by atoms with Gasteiger partial charge in [0.15, 0.2) is 0 Å². The molecule has 0 aliphatic carbocycles. The van der Waals surface area contributed by atoms with Gasteiger partial charge in [-0.15, -0.1) is 0 Å². The van der Waals surface area contributed by atoms with Crippen molar-refractivity contribution in [2.75, 3.05) is 6.54 Å². The van der Waals surface area contributed by atoms with Crippen LogP contribution >= 0.6 is 0 Å². The summed E-state index contributed by atoms with van der Waals surface area (Å²) in [5, 5.41) is 11.4. The zero-order valence-electron chi connectivity index (χ0n) is 10.0. The third-order valence-corrected chi connectivity index (χ3v) is 2.48. The van der Waals surface area contributed by atoms with Crippen LogP contribution in [0.15, 0.2) is 0 Å². The molecule has 0 bridgehead atoms. The highest BCUT2D eigenvalue weighted by Crippen LogP contribution is 2.06. The molecule has 16 heavy (non-hydrogen) atoms. The number of carboxylic acid groups (broad SMARTS) is 1. The third kappa shape index (κ3) is 5.70. The van der Waals surface area contributed by atoms with Crippen molar-refractivity contribution < 1.29 is 14.7 Å². The Bertz CT molecular complexity index is 231. The number of nitrogens with one attached hydrogen (secondary N) is 1. The van der Waals surface area contributed by atoms with E-state index >= 15 is 0 Å². The van der Waals surface area contributed by atoms with Gasteiger partial charge in [0.1, 0.15) is 6.04 Å². The van der Waals surface area contributed by atoms with Gasteiger partial charge in [0.2, 0.25) is 5.91 Å². The highest BCUT2D eigenvalue weighted by molar-refractivity contribution is 5.84. The van der Waals surface area contributed by atoms with Crippen molar-refractivity contribution in [3.63, 3.8) is 0 Å². The maximum absolute atomic E-state index is 11.6. The van der Waals surface area contributed by atoms with E-state index in [1.54, 1.807) is 6.92 Å². The predicted molar refractivity (Wildman–Crippen MR) is 61.9 cm³/mol. The number of hydrogen-bond donors (Lipinski definition) is 3. The molecule has 1 amide bonds. The summed E-state index contributed by atoms with van der Waals surface area (Å²) in [5.74, 6) is -1.35. The van der Waals surface area contributed by atoms with Gasteiger partial charge < -0.3 is 16.2 Å². The van der Waals surface area contributed by atoms with Gasteiger partial charge in [0, 0.05) is 5.92 Å². The summed E-state index contributed by atoms with van der Waals surface area (Å²) in [5.41, 5.74) is 5.35. The largest absolute Gasteiger partial charge is 0.480 e.